The van der Waals surface area contributed by atoms with E-state index in [0.717, 1.165) is 16.0 Å². The Morgan fingerprint density at radius 2 is 1.86 bits per heavy atom. The van der Waals surface area contributed by atoms with Crippen LogP contribution < -0.4 is 15.4 Å². The molecule has 0 bridgehead atoms. The van der Waals surface area contributed by atoms with Gasteiger partial charge < -0.3 is 15.4 Å². The van der Waals surface area contributed by atoms with Gasteiger partial charge in [0, 0.05) is 18.9 Å². The maximum Gasteiger partial charge on any atom is 0.325 e. The topological polar surface area (TPSA) is 101 Å². The van der Waals surface area contributed by atoms with Crippen LogP contribution in [0.1, 0.15) is 17.5 Å². The molecule has 1 atom stereocenters. The number of nitrogens with one attached hydrogen (secondary N) is 2. The first-order valence-electron chi connectivity index (χ1n) is 8.97. The minimum absolute atomic E-state index is 0.0833. The quantitative estimate of drug-likeness (QED) is 0.670. The Hall–Kier alpha value is -3.42. The number of rotatable bonds is 8. The number of ether oxygens (including phenoxy) is 1. The molecule has 28 heavy (non-hydrogen) atoms. The number of carbonyl (C=O) groups excluding carboxylic acids is 3. The zero-order chi connectivity index (χ0) is 19.9. The zero-order valence-corrected chi connectivity index (χ0v) is 15.6. The van der Waals surface area contributed by atoms with Gasteiger partial charge in [0.2, 0.25) is 5.91 Å². The van der Waals surface area contributed by atoms with E-state index in [1.165, 1.54) is 0 Å². The fourth-order valence-electron chi connectivity index (χ4n) is 2.93. The molecule has 1 fully saturated rings. The third kappa shape index (κ3) is 4.85. The molecule has 3 rings (SSSR count). The summed E-state index contributed by atoms with van der Waals surface area (Å²) in [5.41, 5.74) is 1.86. The van der Waals surface area contributed by atoms with Crippen molar-refractivity contribution in [3.63, 3.8) is 0 Å². The summed E-state index contributed by atoms with van der Waals surface area (Å²) in [5, 5.41) is 5.35. The Balaban J connectivity index is 1.49. The molecule has 0 saturated carbocycles. The number of hydrogen-bond acceptors (Lipinski definition) is 5. The molecule has 1 aromatic carbocycles. The molecule has 1 aliphatic heterocycles. The van der Waals surface area contributed by atoms with Gasteiger partial charge in [-0.05, 0) is 41.8 Å². The van der Waals surface area contributed by atoms with Crippen molar-refractivity contribution >= 4 is 17.8 Å². The van der Waals surface area contributed by atoms with Gasteiger partial charge in [-0.3, -0.25) is 19.5 Å². The van der Waals surface area contributed by atoms with Gasteiger partial charge in [-0.2, -0.15) is 0 Å². The lowest BCUT2D eigenvalue weighted by Crippen LogP contribution is -2.37. The lowest BCUT2D eigenvalue weighted by atomic mass is 10.1. The first-order valence-corrected chi connectivity index (χ1v) is 8.97. The van der Waals surface area contributed by atoms with Gasteiger partial charge in [0.05, 0.1) is 20.1 Å². The van der Waals surface area contributed by atoms with Gasteiger partial charge in [0.1, 0.15) is 11.8 Å². The van der Waals surface area contributed by atoms with Crippen LogP contribution >= 0.6 is 0 Å². The molecule has 0 unspecified atom stereocenters. The lowest BCUT2D eigenvalue weighted by Gasteiger charge is -2.13. The number of imide groups is 1. The standard InChI is InChI=1S/C20H22N4O4/c1-28-16-4-2-15(3-5-16)13-24-19(26)17(23-20(24)27)12-18(25)22-11-8-14-6-9-21-10-7-14/h2-7,9-10,17H,8,11-13H2,1H3,(H,22,25)(H,23,27)/t17-/m1/s1. The maximum absolute atomic E-state index is 12.5. The van der Waals surface area contributed by atoms with E-state index in [-0.39, 0.29) is 18.9 Å². The molecular formula is C20H22N4O4. The van der Waals surface area contributed by atoms with Crippen LogP contribution in [0.25, 0.3) is 0 Å². The van der Waals surface area contributed by atoms with Crippen molar-refractivity contribution in [3.8, 4) is 5.75 Å². The van der Waals surface area contributed by atoms with Crippen molar-refractivity contribution in [1.29, 1.82) is 0 Å². The summed E-state index contributed by atoms with van der Waals surface area (Å²) >= 11 is 0. The van der Waals surface area contributed by atoms with Gasteiger partial charge in [-0.1, -0.05) is 12.1 Å². The molecule has 2 N–H and O–H groups in total. The number of carbonyl (C=O) groups is 3. The second-order valence-electron chi connectivity index (χ2n) is 6.43. The van der Waals surface area contributed by atoms with Crippen molar-refractivity contribution in [2.24, 2.45) is 0 Å². The average molecular weight is 382 g/mol. The largest absolute Gasteiger partial charge is 0.497 e. The summed E-state index contributed by atoms with van der Waals surface area (Å²) < 4.78 is 5.10. The van der Waals surface area contributed by atoms with E-state index in [2.05, 4.69) is 15.6 Å². The molecule has 146 valence electrons. The van der Waals surface area contributed by atoms with Gasteiger partial charge in [0.25, 0.3) is 5.91 Å². The molecule has 1 saturated heterocycles. The van der Waals surface area contributed by atoms with Crippen LogP contribution in [0.5, 0.6) is 5.75 Å². The molecule has 0 spiro atoms. The summed E-state index contributed by atoms with van der Waals surface area (Å²) in [4.78, 5) is 41.8. The Labute approximate surface area is 162 Å². The van der Waals surface area contributed by atoms with Gasteiger partial charge in [-0.25, -0.2) is 4.79 Å². The number of benzene rings is 1. The third-order valence-electron chi connectivity index (χ3n) is 4.48. The first kappa shape index (κ1) is 19.3. The molecule has 0 aliphatic carbocycles. The third-order valence-corrected chi connectivity index (χ3v) is 4.48. The second kappa shape index (κ2) is 8.98. The molecule has 8 heteroatoms. The van der Waals surface area contributed by atoms with Gasteiger partial charge in [-0.15, -0.1) is 0 Å². The highest BCUT2D eigenvalue weighted by molar-refractivity contribution is 6.05. The monoisotopic (exact) mass is 382 g/mol. The van der Waals surface area contributed by atoms with Gasteiger partial charge in [0.15, 0.2) is 0 Å². The Morgan fingerprint density at radius 1 is 1.14 bits per heavy atom. The molecular weight excluding hydrogens is 360 g/mol. The lowest BCUT2D eigenvalue weighted by molar-refractivity contribution is -0.131. The number of amides is 4. The number of nitrogens with zero attached hydrogens (tertiary/aromatic N) is 2. The van der Waals surface area contributed by atoms with Crippen LogP contribution in [-0.4, -0.2) is 47.4 Å². The minimum Gasteiger partial charge on any atom is -0.497 e. The summed E-state index contributed by atoms with van der Waals surface area (Å²) in [6, 6.07) is 9.54. The number of urea groups is 1. The van der Waals surface area contributed by atoms with Crippen molar-refractivity contribution in [3.05, 3.63) is 59.9 Å². The van der Waals surface area contributed by atoms with Crippen molar-refractivity contribution in [1.82, 2.24) is 20.5 Å². The minimum atomic E-state index is -0.841. The fourth-order valence-corrected chi connectivity index (χ4v) is 2.93. The second-order valence-corrected chi connectivity index (χ2v) is 6.43. The van der Waals surface area contributed by atoms with Crippen molar-refractivity contribution in [2.45, 2.75) is 25.4 Å². The van der Waals surface area contributed by atoms with Crippen LogP contribution in [-0.2, 0) is 22.6 Å². The number of hydrogen-bond donors (Lipinski definition) is 2. The first-order chi connectivity index (χ1) is 13.6. The summed E-state index contributed by atoms with van der Waals surface area (Å²) in [6.07, 6.45) is 3.98. The van der Waals surface area contributed by atoms with E-state index >= 15 is 0 Å². The molecule has 1 aliphatic rings. The van der Waals surface area contributed by atoms with E-state index in [1.54, 1.807) is 43.8 Å². The van der Waals surface area contributed by atoms with E-state index < -0.39 is 18.0 Å². The van der Waals surface area contributed by atoms with E-state index in [4.69, 9.17) is 4.74 Å². The number of methoxy groups -OCH3 is 1. The van der Waals surface area contributed by atoms with Crippen LogP contribution in [0.2, 0.25) is 0 Å². The van der Waals surface area contributed by atoms with Crippen LogP contribution in [0.3, 0.4) is 0 Å². The van der Waals surface area contributed by atoms with Crippen LogP contribution in [0.4, 0.5) is 4.79 Å². The Kier molecular flexibility index (Phi) is 6.21. The fraction of sp³-hybridized carbons (Fsp3) is 0.300. The maximum atomic E-state index is 12.5. The predicted octanol–water partition coefficient (Wildman–Crippen LogP) is 1.26. The normalized spacial score (nSPS) is 16.0. The molecule has 2 aromatic rings. The summed E-state index contributed by atoms with van der Waals surface area (Å²) in [6.45, 7) is 0.599. The van der Waals surface area contributed by atoms with Crippen LogP contribution in [0, 0.1) is 0 Å². The van der Waals surface area contributed by atoms with E-state index in [0.29, 0.717) is 18.7 Å². The number of pyridine rings is 1. The van der Waals surface area contributed by atoms with Gasteiger partial charge >= 0.3 is 6.03 Å². The summed E-state index contributed by atoms with van der Waals surface area (Å²) in [5.74, 6) is 0.0198. The SMILES string of the molecule is COc1ccc(CN2C(=O)N[C@H](CC(=O)NCCc3ccncc3)C2=O)cc1. The Morgan fingerprint density at radius 3 is 2.54 bits per heavy atom. The molecule has 2 heterocycles. The highest BCUT2D eigenvalue weighted by Crippen LogP contribution is 2.17. The van der Waals surface area contributed by atoms with E-state index in [9.17, 15) is 14.4 Å². The van der Waals surface area contributed by atoms with Crippen LogP contribution in [0.15, 0.2) is 48.8 Å². The zero-order valence-electron chi connectivity index (χ0n) is 15.6. The molecule has 0 radical (unpaired) electrons. The predicted molar refractivity (Wildman–Crippen MR) is 101 cm³/mol. The number of aromatic nitrogens is 1. The highest BCUT2D eigenvalue weighted by Gasteiger charge is 2.38. The van der Waals surface area contributed by atoms with Crippen molar-refractivity contribution < 1.29 is 19.1 Å². The highest BCUT2D eigenvalue weighted by atomic mass is 16.5. The summed E-state index contributed by atoms with van der Waals surface area (Å²) in [7, 11) is 1.57. The van der Waals surface area contributed by atoms with E-state index in [1.807, 2.05) is 12.1 Å². The molecule has 8 nitrogen and oxygen atoms in total. The average Bonchev–Trinajstić information content (AvgIpc) is 2.96. The van der Waals surface area contributed by atoms with Crippen molar-refractivity contribution in [2.75, 3.05) is 13.7 Å². The molecule has 4 amide bonds. The Bertz CT molecular complexity index is 839. The molecule has 1 aromatic heterocycles. The smallest absolute Gasteiger partial charge is 0.325 e.